The molecular weight excluding hydrogens is 414 g/mol. The number of amides is 1. The fourth-order valence-corrected chi connectivity index (χ4v) is 3.75. The molecule has 1 saturated heterocycles. The van der Waals surface area contributed by atoms with Crippen LogP contribution in [0.2, 0.25) is 0 Å². The Balaban J connectivity index is 1.40. The van der Waals surface area contributed by atoms with Gasteiger partial charge in [-0.3, -0.25) is 24.5 Å². The lowest BCUT2D eigenvalue weighted by Crippen LogP contribution is -2.35. The predicted molar refractivity (Wildman–Crippen MR) is 116 cm³/mol. The average Bonchev–Trinajstić information content (AvgIpc) is 3.33. The normalized spacial score (nSPS) is 14.4. The SMILES string of the molecule is Cc1nn(Cn2ccc(C(=O)Nc3cccc(CN4CCOCC4)c3)n2)c(C)c1[N+](=O)[O-]. The monoisotopic (exact) mass is 439 g/mol. The molecule has 0 spiro atoms. The van der Waals surface area contributed by atoms with Gasteiger partial charge < -0.3 is 10.1 Å². The van der Waals surface area contributed by atoms with E-state index in [1.807, 2.05) is 24.3 Å². The Hall–Kier alpha value is -3.57. The second kappa shape index (κ2) is 9.28. The molecule has 1 fully saturated rings. The Labute approximate surface area is 184 Å². The highest BCUT2D eigenvalue weighted by Crippen LogP contribution is 2.21. The number of ether oxygens (including phenoxy) is 1. The molecule has 0 radical (unpaired) electrons. The standard InChI is InChI=1S/C21H25N7O4/c1-15-20(28(30)31)16(2)27(23-15)14-26-7-6-19(24-26)21(29)22-18-5-3-4-17(12-18)13-25-8-10-32-11-9-25/h3-7,12H,8-11,13-14H2,1-2H3,(H,22,29). The lowest BCUT2D eigenvalue weighted by Gasteiger charge is -2.26. The minimum Gasteiger partial charge on any atom is -0.379 e. The third-order valence-corrected chi connectivity index (χ3v) is 5.37. The van der Waals surface area contributed by atoms with E-state index in [1.165, 1.54) is 9.36 Å². The van der Waals surface area contributed by atoms with Crippen molar-refractivity contribution in [3.63, 3.8) is 0 Å². The number of rotatable bonds is 7. The van der Waals surface area contributed by atoms with E-state index in [0.29, 0.717) is 17.1 Å². The molecule has 1 aliphatic heterocycles. The third-order valence-electron chi connectivity index (χ3n) is 5.37. The number of nitrogens with one attached hydrogen (secondary N) is 1. The van der Waals surface area contributed by atoms with Gasteiger partial charge in [-0.1, -0.05) is 12.1 Å². The van der Waals surface area contributed by atoms with Crippen molar-refractivity contribution in [1.29, 1.82) is 0 Å². The van der Waals surface area contributed by atoms with Gasteiger partial charge in [0.05, 0.1) is 18.1 Å². The van der Waals surface area contributed by atoms with E-state index in [2.05, 4.69) is 20.4 Å². The van der Waals surface area contributed by atoms with Crippen molar-refractivity contribution in [2.45, 2.75) is 27.1 Å². The molecule has 11 nitrogen and oxygen atoms in total. The summed E-state index contributed by atoms with van der Waals surface area (Å²) in [6.45, 7) is 7.47. The van der Waals surface area contributed by atoms with E-state index in [9.17, 15) is 14.9 Å². The van der Waals surface area contributed by atoms with E-state index >= 15 is 0 Å². The van der Waals surface area contributed by atoms with Crippen molar-refractivity contribution < 1.29 is 14.5 Å². The number of anilines is 1. The molecule has 1 aromatic carbocycles. The number of hydrogen-bond acceptors (Lipinski definition) is 7. The van der Waals surface area contributed by atoms with Gasteiger partial charge in [-0.05, 0) is 37.6 Å². The van der Waals surface area contributed by atoms with Crippen LogP contribution >= 0.6 is 0 Å². The number of carbonyl (C=O) groups is 1. The van der Waals surface area contributed by atoms with Gasteiger partial charge in [0.15, 0.2) is 5.69 Å². The van der Waals surface area contributed by atoms with Gasteiger partial charge in [0, 0.05) is 31.5 Å². The number of benzene rings is 1. The van der Waals surface area contributed by atoms with Gasteiger partial charge >= 0.3 is 5.69 Å². The summed E-state index contributed by atoms with van der Waals surface area (Å²) in [5.41, 5.74) is 2.83. The summed E-state index contributed by atoms with van der Waals surface area (Å²) in [6, 6.07) is 9.35. The minimum atomic E-state index is -0.441. The zero-order chi connectivity index (χ0) is 22.7. The van der Waals surface area contributed by atoms with Crippen LogP contribution in [0.1, 0.15) is 27.4 Å². The number of aromatic nitrogens is 4. The van der Waals surface area contributed by atoms with Crippen molar-refractivity contribution in [2.24, 2.45) is 0 Å². The number of aryl methyl sites for hydroxylation is 1. The number of hydrogen-bond donors (Lipinski definition) is 1. The number of nitro groups is 1. The van der Waals surface area contributed by atoms with Gasteiger partial charge in [-0.2, -0.15) is 10.2 Å². The molecule has 0 aliphatic carbocycles. The van der Waals surface area contributed by atoms with Gasteiger partial charge in [0.1, 0.15) is 18.1 Å². The van der Waals surface area contributed by atoms with Crippen LogP contribution in [0.5, 0.6) is 0 Å². The van der Waals surface area contributed by atoms with Gasteiger partial charge in [-0.25, -0.2) is 4.68 Å². The first-order valence-corrected chi connectivity index (χ1v) is 10.3. The summed E-state index contributed by atoms with van der Waals surface area (Å²) in [7, 11) is 0. The first-order valence-electron chi connectivity index (χ1n) is 10.3. The molecule has 0 unspecified atom stereocenters. The van der Waals surface area contributed by atoms with Crippen LogP contribution in [-0.2, 0) is 18.0 Å². The second-order valence-corrected chi connectivity index (χ2v) is 7.70. The molecule has 11 heteroatoms. The summed E-state index contributed by atoms with van der Waals surface area (Å²) in [5, 5.41) is 22.6. The van der Waals surface area contributed by atoms with Crippen LogP contribution in [0.25, 0.3) is 0 Å². The van der Waals surface area contributed by atoms with Crippen molar-refractivity contribution in [3.05, 3.63) is 69.3 Å². The maximum atomic E-state index is 12.7. The highest BCUT2D eigenvalue weighted by Gasteiger charge is 2.22. The Morgan fingerprint density at radius 2 is 2.00 bits per heavy atom. The summed E-state index contributed by atoms with van der Waals surface area (Å²) >= 11 is 0. The maximum Gasteiger partial charge on any atom is 0.312 e. The average molecular weight is 439 g/mol. The fraction of sp³-hybridized carbons (Fsp3) is 0.381. The molecule has 168 valence electrons. The van der Waals surface area contributed by atoms with Gasteiger partial charge in [0.2, 0.25) is 0 Å². The molecule has 32 heavy (non-hydrogen) atoms. The second-order valence-electron chi connectivity index (χ2n) is 7.70. The summed E-state index contributed by atoms with van der Waals surface area (Å²) in [6.07, 6.45) is 1.64. The molecule has 1 N–H and O–H groups in total. The first-order chi connectivity index (χ1) is 15.4. The molecule has 0 saturated carbocycles. The fourth-order valence-electron chi connectivity index (χ4n) is 3.75. The van der Waals surface area contributed by atoms with E-state index in [-0.39, 0.29) is 24.0 Å². The first kappa shape index (κ1) is 21.7. The molecule has 0 bridgehead atoms. The van der Waals surface area contributed by atoms with E-state index in [0.717, 1.165) is 38.4 Å². The Morgan fingerprint density at radius 3 is 2.72 bits per heavy atom. The summed E-state index contributed by atoms with van der Waals surface area (Å²) in [5.74, 6) is -0.327. The molecule has 3 aromatic rings. The van der Waals surface area contributed by atoms with Crippen LogP contribution < -0.4 is 5.32 Å². The largest absolute Gasteiger partial charge is 0.379 e. The van der Waals surface area contributed by atoms with E-state index in [4.69, 9.17) is 4.74 Å². The minimum absolute atomic E-state index is 0.00733. The Bertz CT molecular complexity index is 1130. The third kappa shape index (κ3) is 4.84. The lowest BCUT2D eigenvalue weighted by molar-refractivity contribution is -0.386. The van der Waals surface area contributed by atoms with Crippen LogP contribution in [0.15, 0.2) is 36.5 Å². The lowest BCUT2D eigenvalue weighted by atomic mass is 10.2. The number of carbonyl (C=O) groups excluding carboxylic acids is 1. The quantitative estimate of drug-likeness (QED) is 0.442. The topological polar surface area (TPSA) is 120 Å². The molecule has 0 atom stereocenters. The number of morpholine rings is 1. The van der Waals surface area contributed by atoms with Crippen molar-refractivity contribution in [1.82, 2.24) is 24.5 Å². The van der Waals surface area contributed by atoms with Crippen molar-refractivity contribution >= 4 is 17.3 Å². The van der Waals surface area contributed by atoms with Gasteiger partial charge in [0.25, 0.3) is 5.91 Å². The molecule has 3 heterocycles. The Morgan fingerprint density at radius 1 is 1.22 bits per heavy atom. The zero-order valence-electron chi connectivity index (χ0n) is 18.0. The van der Waals surface area contributed by atoms with Crippen LogP contribution in [0, 0.1) is 24.0 Å². The number of nitrogens with zero attached hydrogens (tertiary/aromatic N) is 6. The highest BCUT2D eigenvalue weighted by molar-refractivity contribution is 6.02. The molecule has 4 rings (SSSR count). The Kier molecular flexibility index (Phi) is 6.28. The molecule has 1 aliphatic rings. The van der Waals surface area contributed by atoms with Crippen LogP contribution in [0.3, 0.4) is 0 Å². The van der Waals surface area contributed by atoms with E-state index in [1.54, 1.807) is 26.1 Å². The van der Waals surface area contributed by atoms with Gasteiger partial charge in [-0.15, -0.1) is 0 Å². The maximum absolute atomic E-state index is 12.7. The van der Waals surface area contributed by atoms with Crippen molar-refractivity contribution in [3.8, 4) is 0 Å². The predicted octanol–water partition coefficient (Wildman–Crippen LogP) is 2.19. The molecular formula is C21H25N7O4. The van der Waals surface area contributed by atoms with Crippen LogP contribution in [0.4, 0.5) is 11.4 Å². The summed E-state index contributed by atoms with van der Waals surface area (Å²) < 4.78 is 8.40. The van der Waals surface area contributed by atoms with E-state index < -0.39 is 4.92 Å². The zero-order valence-corrected chi connectivity index (χ0v) is 18.0. The highest BCUT2D eigenvalue weighted by atomic mass is 16.6. The smallest absolute Gasteiger partial charge is 0.312 e. The van der Waals surface area contributed by atoms with Crippen LogP contribution in [-0.4, -0.2) is 61.6 Å². The summed E-state index contributed by atoms with van der Waals surface area (Å²) in [4.78, 5) is 25.7. The molecule has 1 amide bonds. The molecule has 2 aromatic heterocycles. The van der Waals surface area contributed by atoms with Crippen molar-refractivity contribution in [2.75, 3.05) is 31.6 Å².